The number of nitrogens with one attached hydrogen (secondary N) is 2. The SMILES string of the molecule is CC.CC(C)c1[nH]c(-c2ccc(F)cc2)c(-c2ccccc2)c1C(=O)Nc1ccccc1.CC(O)CCC(=O)O.CCC(C)O. The predicted octanol–water partition coefficient (Wildman–Crippen LogP) is 8.90. The van der Waals surface area contributed by atoms with Crippen molar-refractivity contribution < 1.29 is 29.3 Å². The van der Waals surface area contributed by atoms with Gasteiger partial charge in [0.05, 0.1) is 23.5 Å². The Morgan fingerprint density at radius 2 is 1.31 bits per heavy atom. The van der Waals surface area contributed by atoms with Crippen LogP contribution >= 0.6 is 0 Å². The zero-order valence-electron chi connectivity index (χ0n) is 27.5. The number of aromatic nitrogens is 1. The number of hydrogen-bond acceptors (Lipinski definition) is 4. The van der Waals surface area contributed by atoms with E-state index in [9.17, 15) is 14.0 Å². The third kappa shape index (κ3) is 13.5. The molecule has 0 bridgehead atoms. The van der Waals surface area contributed by atoms with Crippen molar-refractivity contribution >= 4 is 17.6 Å². The first-order valence-corrected chi connectivity index (χ1v) is 15.5. The number of aromatic amines is 1. The van der Waals surface area contributed by atoms with Crippen LogP contribution in [0.2, 0.25) is 0 Å². The maximum atomic E-state index is 13.5. The Balaban J connectivity index is 0.000000565. The number of carbonyl (C=O) groups is 2. The third-order valence-corrected chi connectivity index (χ3v) is 6.43. The fourth-order valence-corrected chi connectivity index (χ4v) is 3.96. The molecule has 0 fully saturated rings. The number of anilines is 1. The minimum absolute atomic E-state index is 0.0532. The summed E-state index contributed by atoms with van der Waals surface area (Å²) in [5.41, 5.74) is 5.58. The molecule has 4 rings (SSSR count). The van der Waals surface area contributed by atoms with Crippen molar-refractivity contribution in [3.8, 4) is 22.4 Å². The lowest BCUT2D eigenvalue weighted by atomic mass is 9.94. The van der Waals surface area contributed by atoms with Gasteiger partial charge >= 0.3 is 5.97 Å². The number of aliphatic hydroxyl groups excluding tert-OH is 2. The fourth-order valence-electron chi connectivity index (χ4n) is 3.96. The Hall–Kier alpha value is -4.27. The van der Waals surface area contributed by atoms with Gasteiger partial charge in [-0.2, -0.15) is 0 Å². The van der Waals surface area contributed by atoms with E-state index >= 15 is 0 Å². The van der Waals surface area contributed by atoms with Crippen molar-refractivity contribution in [1.82, 2.24) is 4.98 Å². The van der Waals surface area contributed by atoms with E-state index in [0.29, 0.717) is 12.0 Å². The molecule has 1 aromatic heterocycles. The maximum absolute atomic E-state index is 13.5. The average molecular weight is 621 g/mol. The number of aliphatic hydroxyl groups is 2. The lowest BCUT2D eigenvalue weighted by Gasteiger charge is -2.11. The number of aliphatic carboxylic acids is 1. The number of carbonyl (C=O) groups excluding carboxylic acids is 1. The van der Waals surface area contributed by atoms with Crippen LogP contribution in [0, 0.1) is 5.82 Å². The van der Waals surface area contributed by atoms with Crippen LogP contribution in [0.3, 0.4) is 0 Å². The average Bonchev–Trinajstić information content (AvgIpc) is 3.44. The van der Waals surface area contributed by atoms with E-state index < -0.39 is 12.1 Å². The zero-order chi connectivity index (χ0) is 33.9. The molecule has 1 amide bonds. The largest absolute Gasteiger partial charge is 0.481 e. The minimum Gasteiger partial charge on any atom is -0.481 e. The molecule has 1 heterocycles. The molecule has 0 radical (unpaired) electrons. The Labute approximate surface area is 267 Å². The first kappa shape index (κ1) is 38.8. The highest BCUT2D eigenvalue weighted by Gasteiger charge is 2.26. The molecule has 0 saturated carbocycles. The van der Waals surface area contributed by atoms with E-state index in [1.165, 1.54) is 12.1 Å². The summed E-state index contributed by atoms with van der Waals surface area (Å²) in [6.45, 7) is 13.4. The molecule has 8 heteroatoms. The third-order valence-electron chi connectivity index (χ3n) is 6.43. The lowest BCUT2D eigenvalue weighted by molar-refractivity contribution is -0.137. The van der Waals surface area contributed by atoms with Gasteiger partial charge in [-0.15, -0.1) is 0 Å². The quantitative estimate of drug-likeness (QED) is 0.128. The highest BCUT2D eigenvalue weighted by Crippen LogP contribution is 2.39. The second kappa shape index (κ2) is 20.6. The summed E-state index contributed by atoms with van der Waals surface area (Å²) in [5.74, 6) is -1.23. The van der Waals surface area contributed by atoms with Crippen LogP contribution in [0.1, 0.15) is 89.7 Å². The molecule has 5 N–H and O–H groups in total. The second-order valence-electron chi connectivity index (χ2n) is 10.6. The smallest absolute Gasteiger partial charge is 0.303 e. The molecule has 4 aromatic rings. The van der Waals surface area contributed by atoms with Gasteiger partial charge in [0.15, 0.2) is 0 Å². The number of halogens is 1. The van der Waals surface area contributed by atoms with Crippen LogP contribution in [-0.2, 0) is 4.79 Å². The first-order chi connectivity index (χ1) is 21.4. The number of H-pyrrole nitrogens is 1. The number of carboxylic acids is 1. The maximum Gasteiger partial charge on any atom is 0.303 e. The number of rotatable bonds is 9. The fraction of sp³-hybridized carbons (Fsp3) is 0.351. The Kier molecular flexibility index (Phi) is 17.8. The molecule has 2 atom stereocenters. The monoisotopic (exact) mass is 620 g/mol. The van der Waals surface area contributed by atoms with Gasteiger partial charge in [-0.1, -0.05) is 83.1 Å². The summed E-state index contributed by atoms with van der Waals surface area (Å²) < 4.78 is 13.5. The molecule has 0 aliphatic carbocycles. The Bertz CT molecular complexity index is 1400. The summed E-state index contributed by atoms with van der Waals surface area (Å²) >= 11 is 0. The Morgan fingerprint density at radius 3 is 1.73 bits per heavy atom. The van der Waals surface area contributed by atoms with Crippen LogP contribution in [0.15, 0.2) is 84.9 Å². The molecule has 0 spiro atoms. The van der Waals surface area contributed by atoms with Crippen molar-refractivity contribution in [2.45, 2.75) is 85.9 Å². The predicted molar refractivity (Wildman–Crippen MR) is 182 cm³/mol. The number of amides is 1. The highest BCUT2D eigenvalue weighted by atomic mass is 19.1. The van der Waals surface area contributed by atoms with Crippen LogP contribution < -0.4 is 5.32 Å². The van der Waals surface area contributed by atoms with Gasteiger partial charge in [0, 0.05) is 23.4 Å². The molecular formula is C37H49FN2O5. The zero-order valence-corrected chi connectivity index (χ0v) is 27.5. The van der Waals surface area contributed by atoms with Gasteiger partial charge in [0.25, 0.3) is 5.91 Å². The Morgan fingerprint density at radius 1 is 0.800 bits per heavy atom. The normalized spacial score (nSPS) is 11.4. The molecule has 0 saturated heterocycles. The molecular weight excluding hydrogens is 571 g/mol. The summed E-state index contributed by atoms with van der Waals surface area (Å²) in [6.07, 6.45) is 0.647. The van der Waals surface area contributed by atoms with E-state index in [2.05, 4.69) is 10.3 Å². The number of hydrogen-bond donors (Lipinski definition) is 5. The molecule has 3 aromatic carbocycles. The van der Waals surface area contributed by atoms with Crippen molar-refractivity contribution in [2.24, 2.45) is 0 Å². The molecule has 244 valence electrons. The summed E-state index contributed by atoms with van der Waals surface area (Å²) in [6, 6.07) is 25.6. The van der Waals surface area contributed by atoms with Crippen molar-refractivity contribution in [2.75, 3.05) is 5.32 Å². The van der Waals surface area contributed by atoms with Gasteiger partial charge in [-0.05, 0) is 80.1 Å². The summed E-state index contributed by atoms with van der Waals surface area (Å²) in [7, 11) is 0. The van der Waals surface area contributed by atoms with Crippen LogP contribution in [0.5, 0.6) is 0 Å². The van der Waals surface area contributed by atoms with Crippen molar-refractivity contribution in [3.05, 3.63) is 102 Å². The first-order valence-electron chi connectivity index (χ1n) is 15.5. The molecule has 0 aliphatic heterocycles. The second-order valence-corrected chi connectivity index (χ2v) is 10.6. The summed E-state index contributed by atoms with van der Waals surface area (Å²) in [4.78, 5) is 26.7. The standard InChI is InChI=1S/C26H23FN2O.C5H10O3.C4H10O.C2H6/c1-17(2)24-23(26(30)28-21-11-7-4-8-12-21)22(18-9-5-3-6-10-18)25(29-24)19-13-15-20(27)16-14-19;1-4(6)2-3-5(7)8;1-3-4(2)5;1-2/h3-17,29H,1-2H3,(H,28,30);4,6H,2-3H2,1H3,(H,7,8);4-5H,3H2,1-2H3;1-2H3. The van der Waals surface area contributed by atoms with Crippen molar-refractivity contribution in [1.29, 1.82) is 0 Å². The van der Waals surface area contributed by atoms with Gasteiger partial charge in [0.2, 0.25) is 0 Å². The van der Waals surface area contributed by atoms with Crippen LogP contribution in [0.25, 0.3) is 22.4 Å². The van der Waals surface area contributed by atoms with Gasteiger partial charge in [-0.3, -0.25) is 9.59 Å². The molecule has 7 nitrogen and oxygen atoms in total. The van der Waals surface area contributed by atoms with Crippen LogP contribution in [-0.4, -0.2) is 44.4 Å². The van der Waals surface area contributed by atoms with E-state index in [0.717, 1.165) is 40.2 Å². The number of benzene rings is 3. The van der Waals surface area contributed by atoms with E-state index in [4.69, 9.17) is 15.3 Å². The van der Waals surface area contributed by atoms with E-state index in [1.54, 1.807) is 26.0 Å². The topological polar surface area (TPSA) is 123 Å². The van der Waals surface area contributed by atoms with E-state index in [1.807, 2.05) is 95.3 Å². The highest BCUT2D eigenvalue weighted by molar-refractivity contribution is 6.12. The molecule has 0 aliphatic rings. The number of para-hydroxylation sites is 1. The number of carboxylic acid groups (broad SMARTS) is 1. The lowest BCUT2D eigenvalue weighted by Crippen LogP contribution is -2.14. The summed E-state index contributed by atoms with van der Waals surface area (Å²) in [5, 5.41) is 28.0. The van der Waals surface area contributed by atoms with Gasteiger partial charge in [-0.25, -0.2) is 4.39 Å². The van der Waals surface area contributed by atoms with E-state index in [-0.39, 0.29) is 30.2 Å². The van der Waals surface area contributed by atoms with Gasteiger partial charge in [0.1, 0.15) is 5.82 Å². The van der Waals surface area contributed by atoms with Crippen LogP contribution in [0.4, 0.5) is 10.1 Å². The minimum atomic E-state index is -0.856. The molecule has 45 heavy (non-hydrogen) atoms. The van der Waals surface area contributed by atoms with Crippen molar-refractivity contribution in [3.63, 3.8) is 0 Å². The van der Waals surface area contributed by atoms with Gasteiger partial charge < -0.3 is 25.6 Å². The molecule has 2 unspecified atom stereocenters.